The molecular weight excluding hydrogens is 1700 g/mol. The number of anilines is 8. The van der Waals surface area contributed by atoms with Gasteiger partial charge in [0.05, 0.1) is 0 Å². The number of nitrogens with one attached hydrogen (secondary N) is 2. The fraction of sp³-hybridized carbons (Fsp3) is 0.286. The molecule has 0 amide bonds. The molecule has 0 unspecified atom stereocenters. The topological polar surface area (TPSA) is 209 Å². The molecule has 0 aliphatic carbocycles. The SMILES string of the molecule is CCN(CC)c1cccc(Oc2cc3c(cc2Oc2cccc(N(CC)CC)c2)-c2nc-3nc3[nH]c(nc4nc(nc5[nH]c(n2)c2cc(Oc6cccc(N(CC)CC)c6)c(Oc6cccc(N(CC)CC)c6)cc52)-c2cc(Oc5cccc(N(CC)CC)c5)c(Oc5cccc(N(CC)CC)c5)cc2-4)c2cc(Oc4cccc(N(CC)CC)c4)c(Oc4cccc(N(CC)CC)c4)cc32)c1. The van der Waals surface area contributed by atoms with E-state index >= 15 is 0 Å². The van der Waals surface area contributed by atoms with Gasteiger partial charge in [-0.1, -0.05) is 48.5 Å². The Morgan fingerprint density at radius 2 is 0.316 bits per heavy atom. The van der Waals surface area contributed by atoms with Gasteiger partial charge in [-0.15, -0.1) is 0 Å². The molecule has 5 heterocycles. The molecule has 0 spiro atoms. The first kappa shape index (κ1) is 92.6. The van der Waals surface area contributed by atoms with Crippen molar-refractivity contribution in [3.05, 3.63) is 243 Å². The number of aromatic nitrogens is 8. The van der Waals surface area contributed by atoms with Gasteiger partial charge in [-0.05, 0) is 256 Å². The first-order valence-electron chi connectivity index (χ1n) is 48.3. The van der Waals surface area contributed by atoms with Gasteiger partial charge in [-0.2, -0.15) is 0 Å². The summed E-state index contributed by atoms with van der Waals surface area (Å²) in [5.41, 5.74) is 11.8. The van der Waals surface area contributed by atoms with E-state index in [1.165, 1.54) is 0 Å². The molecule has 15 aromatic rings. The summed E-state index contributed by atoms with van der Waals surface area (Å²) in [5.74, 6) is 8.94. The van der Waals surface area contributed by atoms with Gasteiger partial charge in [0.1, 0.15) is 68.6 Å². The maximum absolute atomic E-state index is 7.27. The molecular formula is C112H122N16O8. The molecule has 24 nitrogen and oxygen atoms in total. The average Bonchev–Trinajstić information content (AvgIpc) is 1.58. The number of ether oxygens (including phenoxy) is 8. The quantitative estimate of drug-likeness (QED) is 0.0366. The van der Waals surface area contributed by atoms with Crippen LogP contribution in [-0.2, 0) is 0 Å². The summed E-state index contributed by atoms with van der Waals surface area (Å²) in [5, 5.41) is 2.40. The Bertz CT molecular complexity index is 6160. The number of rotatable bonds is 40. The number of benzene rings is 12. The molecule has 136 heavy (non-hydrogen) atoms. The third-order valence-corrected chi connectivity index (χ3v) is 25.5. The highest BCUT2D eigenvalue weighted by Gasteiger charge is 2.31. The molecule has 0 saturated heterocycles. The van der Waals surface area contributed by atoms with Crippen LogP contribution >= 0.6 is 0 Å². The van der Waals surface area contributed by atoms with E-state index < -0.39 is 0 Å². The molecule has 698 valence electrons. The van der Waals surface area contributed by atoms with Crippen molar-refractivity contribution in [3.63, 3.8) is 0 Å². The van der Waals surface area contributed by atoms with Crippen LogP contribution in [0.15, 0.2) is 243 Å². The zero-order valence-electron chi connectivity index (χ0n) is 80.9. The van der Waals surface area contributed by atoms with Crippen molar-refractivity contribution >= 4 is 89.6 Å². The monoisotopic (exact) mass is 1820 g/mol. The van der Waals surface area contributed by atoms with Crippen molar-refractivity contribution in [3.8, 4) is 138 Å². The van der Waals surface area contributed by atoms with Crippen LogP contribution in [0.2, 0.25) is 0 Å². The van der Waals surface area contributed by atoms with Crippen LogP contribution in [-0.4, -0.2) is 145 Å². The van der Waals surface area contributed by atoms with Gasteiger partial charge in [0.25, 0.3) is 0 Å². The highest BCUT2D eigenvalue weighted by atomic mass is 16.5. The maximum atomic E-state index is 7.27. The van der Waals surface area contributed by atoms with Crippen LogP contribution in [0, 0.1) is 0 Å². The van der Waals surface area contributed by atoms with Gasteiger partial charge in [0, 0.05) is 243 Å². The molecule has 12 aromatic carbocycles. The minimum atomic E-state index is 0.275. The Morgan fingerprint density at radius 3 is 0.456 bits per heavy atom. The summed E-state index contributed by atoms with van der Waals surface area (Å²) in [4.78, 5) is 60.4. The lowest BCUT2D eigenvalue weighted by Gasteiger charge is -2.22. The van der Waals surface area contributed by atoms with E-state index in [1.54, 1.807) is 0 Å². The van der Waals surface area contributed by atoms with Crippen LogP contribution in [0.5, 0.6) is 92.0 Å². The average molecular weight is 1820 g/mol. The number of fused-ring (bicyclic) bond motifs is 20. The predicted octanol–water partition coefficient (Wildman–Crippen LogP) is 28.0. The zero-order valence-corrected chi connectivity index (χ0v) is 80.9. The Kier molecular flexibility index (Phi) is 28.6. The molecule has 0 fully saturated rings. The van der Waals surface area contributed by atoms with Gasteiger partial charge < -0.3 is 87.1 Å². The first-order chi connectivity index (χ1) is 66.5. The third-order valence-electron chi connectivity index (χ3n) is 25.5. The standard InChI is InChI=1S/C112H122N16O8/c1-17-121(18-2)73-41-33-49-81(57-73)129-97-65-89-90(66-98(97)130-82-50-34-42-74(58-82)122(19-3)20-4)106-113-105(89)117-107-91-67-99(131-83-51-35-43-75(59-83)123(21-5)22-6)100(132-84-52-36-44-76(60-84)124(23-7)24-8)68-92(91)109(114-107)119-111-95-71-103(135-87-55-39-47-79(63-87)127(29-13)30-14)104(136-88-56-40-48-80(64-88)128(31-15)32-16)72-96(95)112(116-111)120-110-94-70-102(134-86-54-38-46-78(62-86)126(27-11)28-12)101(69-93(94)108(115-110)118-106)133-85-53-37-45-77(61-85)125(25-9)26-10/h33-72H,17-32H2,1-16H3,(H2,113,114,115,116,117,118,119,120). The van der Waals surface area contributed by atoms with Crippen molar-refractivity contribution < 1.29 is 37.9 Å². The van der Waals surface area contributed by atoms with Gasteiger partial charge in [-0.25, -0.2) is 29.9 Å². The number of H-pyrrole nitrogens is 2. The lowest BCUT2D eigenvalue weighted by molar-refractivity contribution is 0.419. The van der Waals surface area contributed by atoms with Crippen LogP contribution < -0.4 is 77.1 Å². The van der Waals surface area contributed by atoms with Gasteiger partial charge in [0.15, 0.2) is 69.3 Å². The van der Waals surface area contributed by atoms with Crippen LogP contribution in [0.3, 0.4) is 0 Å². The minimum absolute atomic E-state index is 0.275. The molecule has 0 radical (unpaired) electrons. The summed E-state index contributed by atoms with van der Waals surface area (Å²) >= 11 is 0. The van der Waals surface area contributed by atoms with E-state index in [4.69, 9.17) is 67.8 Å². The highest BCUT2D eigenvalue weighted by Crippen LogP contribution is 2.51. The van der Waals surface area contributed by atoms with E-state index in [0.717, 1.165) is 150 Å². The Morgan fingerprint density at radius 1 is 0.176 bits per heavy atom. The number of hydrogen-bond acceptors (Lipinski definition) is 22. The molecule has 3 aromatic heterocycles. The van der Waals surface area contributed by atoms with Crippen LogP contribution in [0.4, 0.5) is 45.5 Å². The molecule has 17 rings (SSSR count). The smallest absolute Gasteiger partial charge is 0.170 e. The summed E-state index contributed by atoms with van der Waals surface area (Å²) in [6.45, 7) is 47.1. The molecule has 24 heteroatoms. The number of hydrogen-bond donors (Lipinski definition) is 2. The minimum Gasteiger partial charge on any atom is -0.453 e. The van der Waals surface area contributed by atoms with Crippen molar-refractivity contribution in [1.82, 2.24) is 39.9 Å². The Labute approximate surface area is 797 Å². The molecule has 2 aliphatic rings. The molecule has 2 N–H and O–H groups in total. The maximum Gasteiger partial charge on any atom is 0.170 e. The van der Waals surface area contributed by atoms with Crippen molar-refractivity contribution in [2.75, 3.05) is 144 Å². The fourth-order valence-electron chi connectivity index (χ4n) is 18.1. The number of nitrogens with zero attached hydrogens (tertiary/aromatic N) is 14. The van der Waals surface area contributed by atoms with E-state index in [9.17, 15) is 0 Å². The molecule has 0 atom stereocenters. The first-order valence-corrected chi connectivity index (χ1v) is 48.3. The second kappa shape index (κ2) is 41.9. The Balaban J connectivity index is 1.01. The predicted molar refractivity (Wildman–Crippen MR) is 557 cm³/mol. The van der Waals surface area contributed by atoms with Crippen LogP contribution in [0.1, 0.15) is 111 Å². The molecule has 8 bridgehead atoms. The van der Waals surface area contributed by atoms with Crippen LogP contribution in [0.25, 0.3) is 89.7 Å². The second-order valence-corrected chi connectivity index (χ2v) is 33.2. The largest absolute Gasteiger partial charge is 0.453 e. The third kappa shape index (κ3) is 19.8. The lowest BCUT2D eigenvalue weighted by atomic mass is 10.1. The molecule has 0 saturated carbocycles. The van der Waals surface area contributed by atoms with E-state index in [0.29, 0.717) is 158 Å². The van der Waals surface area contributed by atoms with Crippen molar-refractivity contribution in [2.24, 2.45) is 0 Å². The summed E-state index contributed by atoms with van der Waals surface area (Å²) < 4.78 is 58.2. The number of aromatic amines is 2. The zero-order chi connectivity index (χ0) is 94.6. The summed E-state index contributed by atoms with van der Waals surface area (Å²) in [6, 6.07) is 80.9. The second-order valence-electron chi connectivity index (χ2n) is 33.2. The van der Waals surface area contributed by atoms with Gasteiger partial charge in [-0.3, -0.25) is 0 Å². The lowest BCUT2D eigenvalue weighted by Crippen LogP contribution is -2.21. The normalized spacial score (nSPS) is 11.4. The summed E-state index contributed by atoms with van der Waals surface area (Å²) in [7, 11) is 0. The van der Waals surface area contributed by atoms with E-state index in [-0.39, 0.29) is 23.3 Å². The molecule has 2 aliphatic heterocycles. The Hall–Kier alpha value is -15.2. The van der Waals surface area contributed by atoms with E-state index in [2.05, 4.69) is 257 Å². The van der Waals surface area contributed by atoms with E-state index in [1.807, 2.05) is 146 Å². The highest BCUT2D eigenvalue weighted by molar-refractivity contribution is 6.08. The summed E-state index contributed by atoms with van der Waals surface area (Å²) in [6.07, 6.45) is 0. The fourth-order valence-corrected chi connectivity index (χ4v) is 18.1. The van der Waals surface area contributed by atoms with Gasteiger partial charge in [0.2, 0.25) is 0 Å². The van der Waals surface area contributed by atoms with Gasteiger partial charge >= 0.3 is 0 Å². The van der Waals surface area contributed by atoms with Crippen molar-refractivity contribution in [1.29, 1.82) is 0 Å². The van der Waals surface area contributed by atoms with Crippen molar-refractivity contribution in [2.45, 2.75) is 111 Å².